The van der Waals surface area contributed by atoms with Gasteiger partial charge in [-0.2, -0.15) is 0 Å². The van der Waals surface area contributed by atoms with Crippen molar-refractivity contribution in [1.29, 1.82) is 0 Å². The van der Waals surface area contributed by atoms with Crippen molar-refractivity contribution in [3.8, 4) is 0 Å². The molecule has 1 atom stereocenters. The molecule has 0 heterocycles. The number of ether oxygens (including phenoxy) is 2. The van der Waals surface area contributed by atoms with Gasteiger partial charge in [0.05, 0.1) is 26.4 Å². The zero-order valence-electron chi connectivity index (χ0n) is 8.79. The summed E-state index contributed by atoms with van der Waals surface area (Å²) in [6, 6.07) is 0. The lowest BCUT2D eigenvalue weighted by atomic mass is 10.1. The quantitative estimate of drug-likeness (QED) is 0.559. The van der Waals surface area contributed by atoms with E-state index in [0.717, 1.165) is 18.9 Å². The van der Waals surface area contributed by atoms with Crippen molar-refractivity contribution in [2.75, 3.05) is 33.0 Å². The SMILES string of the molecule is CCC(C)CCOCCOCCO. The largest absolute Gasteiger partial charge is 0.394 e. The van der Waals surface area contributed by atoms with Crippen LogP contribution >= 0.6 is 0 Å². The smallest absolute Gasteiger partial charge is 0.0701 e. The van der Waals surface area contributed by atoms with Crippen LogP contribution in [0.15, 0.2) is 0 Å². The highest BCUT2D eigenvalue weighted by Crippen LogP contribution is 2.05. The fraction of sp³-hybridized carbons (Fsp3) is 1.00. The summed E-state index contributed by atoms with van der Waals surface area (Å²) in [6.45, 7) is 6.96. The molecule has 0 saturated heterocycles. The van der Waals surface area contributed by atoms with E-state index in [9.17, 15) is 0 Å². The van der Waals surface area contributed by atoms with E-state index in [1.165, 1.54) is 6.42 Å². The first-order chi connectivity index (χ1) is 6.31. The molecule has 13 heavy (non-hydrogen) atoms. The Balaban J connectivity index is 2.91. The fourth-order valence-corrected chi connectivity index (χ4v) is 0.875. The van der Waals surface area contributed by atoms with E-state index < -0.39 is 0 Å². The predicted octanol–water partition coefficient (Wildman–Crippen LogP) is 1.45. The lowest BCUT2D eigenvalue weighted by Gasteiger charge is -2.08. The first-order valence-corrected chi connectivity index (χ1v) is 5.07. The van der Waals surface area contributed by atoms with Gasteiger partial charge in [0.1, 0.15) is 0 Å². The molecule has 0 fully saturated rings. The molecule has 0 radical (unpaired) electrons. The van der Waals surface area contributed by atoms with Crippen LogP contribution in [-0.2, 0) is 9.47 Å². The van der Waals surface area contributed by atoms with Gasteiger partial charge < -0.3 is 14.6 Å². The standard InChI is InChI=1S/C10H22O3/c1-3-10(2)4-6-12-8-9-13-7-5-11/h10-11H,3-9H2,1-2H3. The number of rotatable bonds is 9. The third-order valence-corrected chi connectivity index (χ3v) is 2.06. The molecule has 0 rings (SSSR count). The van der Waals surface area contributed by atoms with E-state index in [-0.39, 0.29) is 6.61 Å². The summed E-state index contributed by atoms with van der Waals surface area (Å²) in [6.07, 6.45) is 2.33. The molecule has 0 spiro atoms. The van der Waals surface area contributed by atoms with Crippen molar-refractivity contribution in [3.63, 3.8) is 0 Å². The summed E-state index contributed by atoms with van der Waals surface area (Å²) in [5, 5.41) is 8.41. The molecule has 0 aliphatic heterocycles. The minimum atomic E-state index is 0.0901. The third-order valence-electron chi connectivity index (χ3n) is 2.06. The summed E-state index contributed by atoms with van der Waals surface area (Å²) in [5.74, 6) is 0.748. The molecule has 0 aliphatic rings. The molecule has 1 N–H and O–H groups in total. The molecule has 0 amide bonds. The molecule has 0 aliphatic carbocycles. The van der Waals surface area contributed by atoms with E-state index in [4.69, 9.17) is 14.6 Å². The van der Waals surface area contributed by atoms with Gasteiger partial charge in [0.25, 0.3) is 0 Å². The normalized spacial score (nSPS) is 13.2. The lowest BCUT2D eigenvalue weighted by molar-refractivity contribution is 0.0298. The van der Waals surface area contributed by atoms with Crippen LogP contribution in [0.4, 0.5) is 0 Å². The number of aliphatic hydroxyl groups excluding tert-OH is 1. The summed E-state index contributed by atoms with van der Waals surface area (Å²) in [5.41, 5.74) is 0. The maximum Gasteiger partial charge on any atom is 0.0701 e. The summed E-state index contributed by atoms with van der Waals surface area (Å²) < 4.78 is 10.4. The van der Waals surface area contributed by atoms with Gasteiger partial charge >= 0.3 is 0 Å². The van der Waals surface area contributed by atoms with Crippen molar-refractivity contribution in [1.82, 2.24) is 0 Å². The Morgan fingerprint density at radius 1 is 1.08 bits per heavy atom. The second-order valence-corrected chi connectivity index (χ2v) is 3.25. The first-order valence-electron chi connectivity index (χ1n) is 5.07. The second-order valence-electron chi connectivity index (χ2n) is 3.25. The molecule has 0 aromatic carbocycles. The number of aliphatic hydroxyl groups is 1. The number of hydrogen-bond donors (Lipinski definition) is 1. The van der Waals surface area contributed by atoms with Crippen LogP contribution in [0.25, 0.3) is 0 Å². The molecule has 3 nitrogen and oxygen atoms in total. The molecule has 0 saturated carbocycles. The van der Waals surface area contributed by atoms with Crippen LogP contribution in [0.5, 0.6) is 0 Å². The summed E-state index contributed by atoms with van der Waals surface area (Å²) >= 11 is 0. The Kier molecular flexibility index (Phi) is 9.87. The Bertz CT molecular complexity index is 96.2. The predicted molar refractivity (Wildman–Crippen MR) is 52.8 cm³/mol. The third kappa shape index (κ3) is 9.80. The maximum absolute atomic E-state index is 8.41. The minimum absolute atomic E-state index is 0.0901. The molecule has 80 valence electrons. The van der Waals surface area contributed by atoms with E-state index in [1.807, 2.05) is 0 Å². The maximum atomic E-state index is 8.41. The Hall–Kier alpha value is -0.120. The molecule has 1 unspecified atom stereocenters. The average molecular weight is 190 g/mol. The molecule has 3 heteroatoms. The molecule has 0 aromatic heterocycles. The van der Waals surface area contributed by atoms with Crippen molar-refractivity contribution in [2.24, 2.45) is 5.92 Å². The molecule has 0 bridgehead atoms. The molecular weight excluding hydrogens is 168 g/mol. The van der Waals surface area contributed by atoms with E-state index in [2.05, 4.69) is 13.8 Å². The monoisotopic (exact) mass is 190 g/mol. The fourth-order valence-electron chi connectivity index (χ4n) is 0.875. The van der Waals surface area contributed by atoms with Crippen molar-refractivity contribution in [3.05, 3.63) is 0 Å². The minimum Gasteiger partial charge on any atom is -0.394 e. The van der Waals surface area contributed by atoms with Crippen molar-refractivity contribution in [2.45, 2.75) is 26.7 Å². The van der Waals surface area contributed by atoms with Crippen molar-refractivity contribution < 1.29 is 14.6 Å². The van der Waals surface area contributed by atoms with Crippen LogP contribution < -0.4 is 0 Å². The zero-order valence-corrected chi connectivity index (χ0v) is 8.79. The topological polar surface area (TPSA) is 38.7 Å². The Morgan fingerprint density at radius 2 is 1.69 bits per heavy atom. The summed E-state index contributed by atoms with van der Waals surface area (Å²) in [4.78, 5) is 0. The Morgan fingerprint density at radius 3 is 2.23 bits per heavy atom. The van der Waals surface area contributed by atoms with Gasteiger partial charge in [-0.15, -0.1) is 0 Å². The average Bonchev–Trinajstić information content (AvgIpc) is 2.16. The first kappa shape index (κ1) is 12.9. The van der Waals surface area contributed by atoms with Crippen LogP contribution in [0.3, 0.4) is 0 Å². The van der Waals surface area contributed by atoms with Gasteiger partial charge in [-0.25, -0.2) is 0 Å². The van der Waals surface area contributed by atoms with E-state index >= 15 is 0 Å². The highest BCUT2D eigenvalue weighted by molar-refractivity contribution is 4.47. The summed E-state index contributed by atoms with van der Waals surface area (Å²) in [7, 11) is 0. The van der Waals surface area contributed by atoms with Gasteiger partial charge in [0.15, 0.2) is 0 Å². The van der Waals surface area contributed by atoms with Gasteiger partial charge in [0.2, 0.25) is 0 Å². The van der Waals surface area contributed by atoms with Crippen LogP contribution in [0.1, 0.15) is 26.7 Å². The lowest BCUT2D eigenvalue weighted by Crippen LogP contribution is -2.09. The van der Waals surface area contributed by atoms with E-state index in [1.54, 1.807) is 0 Å². The molecule has 0 aromatic rings. The van der Waals surface area contributed by atoms with Crippen LogP contribution in [-0.4, -0.2) is 38.1 Å². The van der Waals surface area contributed by atoms with Gasteiger partial charge in [-0.05, 0) is 12.3 Å². The Labute approximate surface area is 81.0 Å². The molecular formula is C10H22O3. The zero-order chi connectivity index (χ0) is 9.94. The van der Waals surface area contributed by atoms with Crippen LogP contribution in [0, 0.1) is 5.92 Å². The highest BCUT2D eigenvalue weighted by atomic mass is 16.5. The van der Waals surface area contributed by atoms with Crippen LogP contribution in [0.2, 0.25) is 0 Å². The van der Waals surface area contributed by atoms with Crippen molar-refractivity contribution >= 4 is 0 Å². The second kappa shape index (κ2) is 9.96. The van der Waals surface area contributed by atoms with Gasteiger partial charge in [-0.1, -0.05) is 20.3 Å². The highest BCUT2D eigenvalue weighted by Gasteiger charge is 1.97. The van der Waals surface area contributed by atoms with Gasteiger partial charge in [-0.3, -0.25) is 0 Å². The van der Waals surface area contributed by atoms with Gasteiger partial charge in [0, 0.05) is 6.61 Å². The van der Waals surface area contributed by atoms with E-state index in [0.29, 0.717) is 19.8 Å². The number of hydrogen-bond acceptors (Lipinski definition) is 3.